The van der Waals surface area contributed by atoms with Gasteiger partial charge in [0.15, 0.2) is 0 Å². The Morgan fingerprint density at radius 3 is 1.42 bits per heavy atom. The van der Waals surface area contributed by atoms with E-state index in [0.717, 1.165) is 17.1 Å². The number of hydrogen-bond acceptors (Lipinski definition) is 1. The van der Waals surface area contributed by atoms with Crippen LogP contribution in [0, 0.1) is 6.92 Å². The summed E-state index contributed by atoms with van der Waals surface area (Å²) in [6, 6.07) is 35.0. The van der Waals surface area contributed by atoms with E-state index < -0.39 is 0 Å². The highest BCUT2D eigenvalue weighted by Gasteiger charge is 2.16. The van der Waals surface area contributed by atoms with Crippen molar-refractivity contribution < 1.29 is 0 Å². The number of nitrogens with zero attached hydrogens (tertiary/aromatic N) is 1. The molecular weight excluding hydrogens is 397 g/mol. The first-order chi connectivity index (χ1) is 15.8. The monoisotopic (exact) mass is 429 g/mol. The molecule has 0 aliphatic rings. The Balaban J connectivity index is 1.65. The van der Waals surface area contributed by atoms with E-state index in [-0.39, 0.29) is 5.41 Å². The third-order valence-corrected chi connectivity index (χ3v) is 5.98. The number of aryl methyl sites for hydroxylation is 1. The van der Waals surface area contributed by atoms with E-state index in [4.69, 9.17) is 0 Å². The molecule has 0 saturated carbocycles. The van der Waals surface area contributed by atoms with Crippen LogP contribution in [0.3, 0.4) is 0 Å². The third kappa shape index (κ3) is 5.65. The van der Waals surface area contributed by atoms with Gasteiger partial charge >= 0.3 is 0 Å². The highest BCUT2D eigenvalue weighted by atomic mass is 15.1. The van der Waals surface area contributed by atoms with Crippen molar-refractivity contribution in [3.63, 3.8) is 0 Å². The molecule has 0 aromatic heterocycles. The van der Waals surface area contributed by atoms with Crippen LogP contribution < -0.4 is 10.4 Å². The maximum atomic E-state index is 2.32. The van der Waals surface area contributed by atoms with Gasteiger partial charge in [0.1, 0.15) is 7.85 Å². The maximum absolute atomic E-state index is 2.32. The second kappa shape index (κ2) is 9.54. The molecule has 0 atom stereocenters. The van der Waals surface area contributed by atoms with Crippen LogP contribution in [0.25, 0.3) is 12.2 Å². The predicted molar refractivity (Wildman–Crippen MR) is 148 cm³/mol. The van der Waals surface area contributed by atoms with Gasteiger partial charge in [-0.1, -0.05) is 105 Å². The maximum Gasteiger partial charge on any atom is 0.139 e. The molecular formula is C31H32BN. The largest absolute Gasteiger partial charge is 0.311 e. The summed E-state index contributed by atoms with van der Waals surface area (Å²) in [5, 5.41) is 0. The summed E-state index contributed by atoms with van der Waals surface area (Å²) >= 11 is 0. The van der Waals surface area contributed by atoms with Gasteiger partial charge < -0.3 is 4.90 Å². The lowest BCUT2D eigenvalue weighted by Gasteiger charge is -2.27. The molecule has 0 unspecified atom stereocenters. The van der Waals surface area contributed by atoms with Crippen molar-refractivity contribution in [1.29, 1.82) is 0 Å². The van der Waals surface area contributed by atoms with E-state index >= 15 is 0 Å². The Hall–Kier alpha value is -3.52. The smallest absolute Gasteiger partial charge is 0.139 e. The van der Waals surface area contributed by atoms with E-state index in [1.165, 1.54) is 27.7 Å². The quantitative estimate of drug-likeness (QED) is 0.240. The average molecular weight is 429 g/mol. The molecule has 0 amide bonds. The first kappa shape index (κ1) is 22.7. The molecule has 0 bridgehead atoms. The standard InChI is InChI=1S/C31H32BN/c1-23-5-7-24(8-6-23)9-10-25-11-17-28(18-12-25)33(30-21-15-27(32)16-22-30)29-19-13-26(14-20-29)31(2,3)4/h5-22H,32H2,1-4H3/b10-9+. The average Bonchev–Trinajstić information content (AvgIpc) is 2.81. The Morgan fingerprint density at radius 2 is 0.970 bits per heavy atom. The normalized spacial score (nSPS) is 11.6. The summed E-state index contributed by atoms with van der Waals surface area (Å²) in [6.07, 6.45) is 4.33. The van der Waals surface area contributed by atoms with Crippen molar-refractivity contribution in [2.24, 2.45) is 0 Å². The van der Waals surface area contributed by atoms with Crippen LogP contribution in [0.5, 0.6) is 0 Å². The van der Waals surface area contributed by atoms with Gasteiger partial charge in [0.25, 0.3) is 0 Å². The van der Waals surface area contributed by atoms with Crippen LogP contribution >= 0.6 is 0 Å². The fraction of sp³-hybridized carbons (Fsp3) is 0.161. The van der Waals surface area contributed by atoms with E-state index in [1.807, 2.05) is 0 Å². The zero-order valence-electron chi connectivity index (χ0n) is 20.3. The predicted octanol–water partition coefficient (Wildman–Crippen LogP) is 7.19. The minimum Gasteiger partial charge on any atom is -0.311 e. The zero-order chi connectivity index (χ0) is 23.4. The minimum absolute atomic E-state index is 0.138. The van der Waals surface area contributed by atoms with Crippen molar-refractivity contribution in [3.05, 3.63) is 119 Å². The van der Waals surface area contributed by atoms with Crippen molar-refractivity contribution in [2.45, 2.75) is 33.1 Å². The zero-order valence-corrected chi connectivity index (χ0v) is 20.3. The lowest BCUT2D eigenvalue weighted by Crippen LogP contribution is -2.13. The van der Waals surface area contributed by atoms with Crippen LogP contribution in [0.1, 0.15) is 43.0 Å². The van der Waals surface area contributed by atoms with Crippen LogP contribution in [0.15, 0.2) is 97.1 Å². The first-order valence-corrected chi connectivity index (χ1v) is 11.6. The summed E-state index contributed by atoms with van der Waals surface area (Å²) in [4.78, 5) is 2.32. The fourth-order valence-corrected chi connectivity index (χ4v) is 3.86. The lowest BCUT2D eigenvalue weighted by atomic mass is 9.87. The molecule has 2 heteroatoms. The molecule has 0 radical (unpaired) electrons. The molecule has 0 saturated heterocycles. The minimum atomic E-state index is 0.138. The summed E-state index contributed by atoms with van der Waals surface area (Å²) in [6.45, 7) is 8.87. The molecule has 1 nitrogen and oxygen atoms in total. The highest BCUT2D eigenvalue weighted by molar-refractivity contribution is 6.32. The molecule has 0 aliphatic heterocycles. The SMILES string of the molecule is Bc1ccc(N(c2ccc(/C=C/c3ccc(C)cc3)cc2)c2ccc(C(C)(C)C)cc2)cc1. The van der Waals surface area contributed by atoms with Crippen LogP contribution in [0.4, 0.5) is 17.1 Å². The number of rotatable bonds is 5. The van der Waals surface area contributed by atoms with Crippen LogP contribution in [0.2, 0.25) is 0 Å². The Morgan fingerprint density at radius 1 is 0.576 bits per heavy atom. The molecule has 4 rings (SSSR count). The first-order valence-electron chi connectivity index (χ1n) is 11.6. The van der Waals surface area contributed by atoms with Gasteiger partial charge in [-0.15, -0.1) is 0 Å². The number of hydrogen-bond donors (Lipinski definition) is 0. The van der Waals surface area contributed by atoms with E-state index in [9.17, 15) is 0 Å². The molecule has 0 aliphatic carbocycles. The second-order valence-electron chi connectivity index (χ2n) is 9.80. The van der Waals surface area contributed by atoms with Gasteiger partial charge in [-0.3, -0.25) is 0 Å². The van der Waals surface area contributed by atoms with Gasteiger partial charge in [0, 0.05) is 17.1 Å². The third-order valence-electron chi connectivity index (χ3n) is 5.98. The molecule has 4 aromatic carbocycles. The Kier molecular flexibility index (Phi) is 6.56. The molecule has 33 heavy (non-hydrogen) atoms. The van der Waals surface area contributed by atoms with Crippen molar-refractivity contribution >= 4 is 42.5 Å². The second-order valence-corrected chi connectivity index (χ2v) is 9.80. The van der Waals surface area contributed by atoms with Crippen LogP contribution in [-0.2, 0) is 5.41 Å². The van der Waals surface area contributed by atoms with E-state index in [0.29, 0.717) is 0 Å². The molecule has 0 heterocycles. The van der Waals surface area contributed by atoms with Gasteiger partial charge in [0.05, 0.1) is 0 Å². The topological polar surface area (TPSA) is 3.24 Å². The number of anilines is 3. The molecule has 0 spiro atoms. The van der Waals surface area contributed by atoms with Gasteiger partial charge in [0.2, 0.25) is 0 Å². The van der Waals surface area contributed by atoms with E-state index in [2.05, 4.69) is 150 Å². The summed E-state index contributed by atoms with van der Waals surface area (Å²) in [5.41, 5.74) is 9.89. The van der Waals surface area contributed by atoms with Gasteiger partial charge in [-0.25, -0.2) is 0 Å². The molecule has 0 N–H and O–H groups in total. The summed E-state index contributed by atoms with van der Waals surface area (Å²) in [5.74, 6) is 0. The van der Waals surface area contributed by atoms with Gasteiger partial charge in [-0.2, -0.15) is 0 Å². The lowest BCUT2D eigenvalue weighted by molar-refractivity contribution is 0.590. The molecule has 164 valence electrons. The highest BCUT2D eigenvalue weighted by Crippen LogP contribution is 2.35. The van der Waals surface area contributed by atoms with Crippen molar-refractivity contribution in [2.75, 3.05) is 4.90 Å². The van der Waals surface area contributed by atoms with Crippen molar-refractivity contribution in [3.8, 4) is 0 Å². The molecule has 0 fully saturated rings. The summed E-state index contributed by atoms with van der Waals surface area (Å²) < 4.78 is 0. The van der Waals surface area contributed by atoms with Gasteiger partial charge in [-0.05, 0) is 65.4 Å². The molecule has 4 aromatic rings. The Bertz CT molecular complexity index is 1210. The Labute approximate surface area is 199 Å². The van der Waals surface area contributed by atoms with Crippen LogP contribution in [-0.4, -0.2) is 7.85 Å². The van der Waals surface area contributed by atoms with Crippen molar-refractivity contribution in [1.82, 2.24) is 0 Å². The van der Waals surface area contributed by atoms with E-state index in [1.54, 1.807) is 0 Å². The summed E-state index contributed by atoms with van der Waals surface area (Å²) in [7, 11) is 2.13. The number of benzene rings is 4. The fourth-order valence-electron chi connectivity index (χ4n) is 3.86.